The normalized spacial score (nSPS) is 13.9. The molecule has 1 fully saturated rings. The summed E-state index contributed by atoms with van der Waals surface area (Å²) in [7, 11) is 0. The van der Waals surface area contributed by atoms with Crippen molar-refractivity contribution in [2.75, 3.05) is 11.4 Å². The second-order valence-electron chi connectivity index (χ2n) is 4.69. The maximum atomic E-state index is 11.5. The van der Waals surface area contributed by atoms with Gasteiger partial charge in [-0.3, -0.25) is 14.9 Å². The molecule has 0 unspecified atom stereocenters. The van der Waals surface area contributed by atoms with Gasteiger partial charge in [-0.05, 0) is 31.9 Å². The first-order valence-corrected chi connectivity index (χ1v) is 6.21. The summed E-state index contributed by atoms with van der Waals surface area (Å²) in [5.74, 6) is -0.289. The predicted octanol–water partition coefficient (Wildman–Crippen LogP) is 2.95. The van der Waals surface area contributed by atoms with Gasteiger partial charge in [-0.1, -0.05) is 6.08 Å². The SMILES string of the molecule is C=CCN(c1ccc([N+](=O)[O-])c(C(C)=O)c1)C1CC1. The minimum atomic E-state index is -0.518. The van der Waals surface area contributed by atoms with E-state index in [0.717, 1.165) is 18.5 Å². The van der Waals surface area contributed by atoms with Gasteiger partial charge in [-0.25, -0.2) is 0 Å². The molecule has 2 rings (SSSR count). The van der Waals surface area contributed by atoms with Crippen LogP contribution in [-0.4, -0.2) is 23.3 Å². The first kappa shape index (κ1) is 13.3. The fraction of sp³-hybridized carbons (Fsp3) is 0.357. The monoisotopic (exact) mass is 260 g/mol. The van der Waals surface area contributed by atoms with Gasteiger partial charge in [0, 0.05) is 24.3 Å². The molecule has 0 spiro atoms. The number of nitro benzene ring substituents is 1. The standard InChI is InChI=1S/C14H16N2O3/c1-3-8-15(11-4-5-11)12-6-7-14(16(18)19)13(9-12)10(2)17/h3,6-7,9,11H,1,4-5,8H2,2H3. The maximum Gasteiger partial charge on any atom is 0.280 e. The predicted molar refractivity (Wildman–Crippen MR) is 73.7 cm³/mol. The van der Waals surface area contributed by atoms with Crippen LogP contribution >= 0.6 is 0 Å². The number of anilines is 1. The summed E-state index contributed by atoms with van der Waals surface area (Å²) in [6, 6.07) is 5.18. The summed E-state index contributed by atoms with van der Waals surface area (Å²) >= 11 is 0. The van der Waals surface area contributed by atoms with E-state index in [1.807, 2.05) is 0 Å². The minimum absolute atomic E-state index is 0.134. The molecular formula is C14H16N2O3. The highest BCUT2D eigenvalue weighted by molar-refractivity contribution is 5.99. The molecule has 0 heterocycles. The van der Waals surface area contributed by atoms with Crippen LogP contribution in [0.1, 0.15) is 30.1 Å². The molecular weight excluding hydrogens is 244 g/mol. The quantitative estimate of drug-likeness (QED) is 0.341. The third-order valence-electron chi connectivity index (χ3n) is 3.20. The fourth-order valence-corrected chi connectivity index (χ4v) is 2.13. The lowest BCUT2D eigenvalue weighted by Crippen LogP contribution is -2.25. The van der Waals surface area contributed by atoms with Crippen molar-refractivity contribution in [3.8, 4) is 0 Å². The van der Waals surface area contributed by atoms with E-state index in [1.54, 1.807) is 18.2 Å². The number of hydrogen-bond acceptors (Lipinski definition) is 4. The molecule has 0 amide bonds. The number of nitro groups is 1. The molecule has 1 aliphatic rings. The Morgan fingerprint density at radius 3 is 2.74 bits per heavy atom. The van der Waals surface area contributed by atoms with Crippen LogP contribution in [0.15, 0.2) is 30.9 Å². The molecule has 0 N–H and O–H groups in total. The zero-order chi connectivity index (χ0) is 14.0. The molecule has 100 valence electrons. The van der Waals surface area contributed by atoms with Gasteiger partial charge in [-0.2, -0.15) is 0 Å². The molecule has 0 saturated heterocycles. The second-order valence-corrected chi connectivity index (χ2v) is 4.69. The number of carbonyl (C=O) groups excluding carboxylic acids is 1. The van der Waals surface area contributed by atoms with E-state index in [2.05, 4.69) is 11.5 Å². The molecule has 5 nitrogen and oxygen atoms in total. The molecule has 1 aliphatic carbocycles. The van der Waals surface area contributed by atoms with Crippen LogP contribution in [-0.2, 0) is 0 Å². The van der Waals surface area contributed by atoms with Crippen molar-refractivity contribution in [2.24, 2.45) is 0 Å². The maximum absolute atomic E-state index is 11.5. The van der Waals surface area contributed by atoms with Crippen molar-refractivity contribution < 1.29 is 9.72 Å². The van der Waals surface area contributed by atoms with Crippen LogP contribution < -0.4 is 4.90 Å². The van der Waals surface area contributed by atoms with Gasteiger partial charge < -0.3 is 4.90 Å². The van der Waals surface area contributed by atoms with Crippen molar-refractivity contribution in [3.63, 3.8) is 0 Å². The number of rotatable bonds is 6. The van der Waals surface area contributed by atoms with Gasteiger partial charge in [0.15, 0.2) is 5.78 Å². The summed E-state index contributed by atoms with van der Waals surface area (Å²) in [5.41, 5.74) is 0.876. The van der Waals surface area contributed by atoms with Crippen molar-refractivity contribution in [2.45, 2.75) is 25.8 Å². The van der Waals surface area contributed by atoms with Crippen molar-refractivity contribution in [1.82, 2.24) is 0 Å². The van der Waals surface area contributed by atoms with E-state index in [1.165, 1.54) is 13.0 Å². The van der Waals surface area contributed by atoms with E-state index in [4.69, 9.17) is 0 Å². The summed E-state index contributed by atoms with van der Waals surface area (Å²) in [6.07, 6.45) is 4.02. The van der Waals surface area contributed by atoms with Crippen LogP contribution in [0, 0.1) is 10.1 Å². The topological polar surface area (TPSA) is 63.4 Å². The number of ketones is 1. The zero-order valence-corrected chi connectivity index (χ0v) is 10.8. The average molecular weight is 260 g/mol. The largest absolute Gasteiger partial charge is 0.365 e. The van der Waals surface area contributed by atoms with Crippen LogP contribution in [0.4, 0.5) is 11.4 Å². The van der Waals surface area contributed by atoms with Crippen LogP contribution in [0.25, 0.3) is 0 Å². The van der Waals surface area contributed by atoms with Gasteiger partial charge >= 0.3 is 0 Å². The van der Waals surface area contributed by atoms with E-state index in [9.17, 15) is 14.9 Å². The Morgan fingerprint density at radius 1 is 1.58 bits per heavy atom. The van der Waals surface area contributed by atoms with E-state index in [-0.39, 0.29) is 17.0 Å². The van der Waals surface area contributed by atoms with Crippen molar-refractivity contribution in [3.05, 3.63) is 46.5 Å². The van der Waals surface area contributed by atoms with Crippen molar-refractivity contribution in [1.29, 1.82) is 0 Å². The van der Waals surface area contributed by atoms with Crippen LogP contribution in [0.3, 0.4) is 0 Å². The number of hydrogen-bond donors (Lipinski definition) is 0. The van der Waals surface area contributed by atoms with Gasteiger partial charge in [0.2, 0.25) is 0 Å². The Bertz CT molecular complexity index is 535. The lowest BCUT2D eigenvalue weighted by atomic mass is 10.1. The molecule has 0 aromatic heterocycles. The van der Waals surface area contributed by atoms with Gasteiger partial charge in [-0.15, -0.1) is 6.58 Å². The summed E-state index contributed by atoms with van der Waals surface area (Å²) in [5, 5.41) is 10.9. The molecule has 1 aromatic rings. The molecule has 0 aliphatic heterocycles. The molecule has 1 aromatic carbocycles. The lowest BCUT2D eigenvalue weighted by molar-refractivity contribution is -0.385. The average Bonchev–Trinajstić information content (AvgIpc) is 3.19. The Morgan fingerprint density at radius 2 is 2.26 bits per heavy atom. The van der Waals surface area contributed by atoms with Crippen LogP contribution in [0.2, 0.25) is 0 Å². The molecule has 0 atom stereocenters. The Labute approximate surface area is 111 Å². The summed E-state index contributed by atoms with van der Waals surface area (Å²) < 4.78 is 0. The van der Waals surface area contributed by atoms with Gasteiger partial charge in [0.1, 0.15) is 0 Å². The highest BCUT2D eigenvalue weighted by atomic mass is 16.6. The Kier molecular flexibility index (Phi) is 3.64. The highest BCUT2D eigenvalue weighted by Crippen LogP contribution is 2.33. The first-order chi connectivity index (χ1) is 9.04. The highest BCUT2D eigenvalue weighted by Gasteiger charge is 2.29. The number of carbonyl (C=O) groups is 1. The lowest BCUT2D eigenvalue weighted by Gasteiger charge is -2.23. The summed E-state index contributed by atoms with van der Waals surface area (Å²) in [6.45, 7) is 5.75. The molecule has 5 heteroatoms. The molecule has 19 heavy (non-hydrogen) atoms. The third kappa shape index (κ3) is 2.81. The molecule has 1 saturated carbocycles. The van der Waals surface area contributed by atoms with E-state index in [0.29, 0.717) is 12.6 Å². The molecule has 0 radical (unpaired) electrons. The summed E-state index contributed by atoms with van der Waals surface area (Å²) in [4.78, 5) is 24.1. The first-order valence-electron chi connectivity index (χ1n) is 6.21. The smallest absolute Gasteiger partial charge is 0.280 e. The van der Waals surface area contributed by atoms with E-state index >= 15 is 0 Å². The van der Waals surface area contributed by atoms with E-state index < -0.39 is 4.92 Å². The van der Waals surface area contributed by atoms with Gasteiger partial charge in [0.25, 0.3) is 5.69 Å². The molecule has 0 bridgehead atoms. The van der Waals surface area contributed by atoms with Crippen molar-refractivity contribution >= 4 is 17.2 Å². The Balaban J connectivity index is 2.41. The number of nitrogens with zero attached hydrogens (tertiary/aromatic N) is 2. The zero-order valence-electron chi connectivity index (χ0n) is 10.8. The minimum Gasteiger partial charge on any atom is -0.365 e. The number of Topliss-reactive ketones (excluding diaryl/α,β-unsaturated/α-hetero) is 1. The third-order valence-corrected chi connectivity index (χ3v) is 3.20. The second kappa shape index (κ2) is 5.22. The van der Waals surface area contributed by atoms with Crippen LogP contribution in [0.5, 0.6) is 0 Å². The number of benzene rings is 1. The van der Waals surface area contributed by atoms with Gasteiger partial charge in [0.05, 0.1) is 10.5 Å². The Hall–Kier alpha value is -2.17. The fourth-order valence-electron chi connectivity index (χ4n) is 2.13.